The summed E-state index contributed by atoms with van der Waals surface area (Å²) in [6.45, 7) is -0.00757. The lowest BCUT2D eigenvalue weighted by Gasteiger charge is -2.11. The number of ether oxygens (including phenoxy) is 1. The number of alkyl halides is 2. The van der Waals surface area contributed by atoms with Crippen LogP contribution in [0.5, 0.6) is 0 Å². The van der Waals surface area contributed by atoms with Gasteiger partial charge in [0.25, 0.3) is 6.43 Å². The lowest BCUT2D eigenvalue weighted by atomic mass is 10.0. The predicted molar refractivity (Wildman–Crippen MR) is 57.5 cm³/mol. The molecule has 0 aliphatic rings. The fourth-order valence-corrected chi connectivity index (χ4v) is 1.47. The molecule has 0 bridgehead atoms. The van der Waals surface area contributed by atoms with Gasteiger partial charge in [0.05, 0.1) is 24.8 Å². The second kappa shape index (κ2) is 6.02. The van der Waals surface area contributed by atoms with Gasteiger partial charge in [0, 0.05) is 6.54 Å². The minimum absolute atomic E-state index is 0.00757. The first-order valence-corrected chi connectivity index (χ1v) is 5.01. The molecule has 7 heteroatoms. The fourth-order valence-electron chi connectivity index (χ4n) is 1.47. The standard InChI is InChI=1S/C11H11F2N3O2/c1-18-9(17)3-6-2-7(4-14)16-8(5-15)10(6)11(12)13/h2,11H,3-4,14H2,1H3. The maximum Gasteiger partial charge on any atom is 0.309 e. The summed E-state index contributed by atoms with van der Waals surface area (Å²) >= 11 is 0. The van der Waals surface area contributed by atoms with Crippen LogP contribution >= 0.6 is 0 Å². The number of carbonyl (C=O) groups is 1. The van der Waals surface area contributed by atoms with Crippen molar-refractivity contribution in [2.45, 2.75) is 19.4 Å². The molecule has 0 aliphatic heterocycles. The van der Waals surface area contributed by atoms with Crippen molar-refractivity contribution in [3.05, 3.63) is 28.6 Å². The molecule has 0 fully saturated rings. The number of carbonyl (C=O) groups excluding carboxylic acids is 1. The molecule has 0 amide bonds. The van der Waals surface area contributed by atoms with E-state index >= 15 is 0 Å². The number of aromatic nitrogens is 1. The third kappa shape index (κ3) is 2.99. The van der Waals surface area contributed by atoms with E-state index in [0.717, 1.165) is 7.11 Å². The Labute approximate surface area is 102 Å². The van der Waals surface area contributed by atoms with E-state index in [0.29, 0.717) is 0 Å². The molecule has 2 N–H and O–H groups in total. The highest BCUT2D eigenvalue weighted by Crippen LogP contribution is 2.26. The fraction of sp³-hybridized carbons (Fsp3) is 0.364. The molecule has 0 unspecified atom stereocenters. The van der Waals surface area contributed by atoms with Crippen molar-refractivity contribution < 1.29 is 18.3 Å². The summed E-state index contributed by atoms with van der Waals surface area (Å²) in [6, 6.07) is 2.88. The Morgan fingerprint density at radius 3 is 2.78 bits per heavy atom. The maximum atomic E-state index is 12.9. The van der Waals surface area contributed by atoms with Gasteiger partial charge in [-0.2, -0.15) is 5.26 Å². The van der Waals surface area contributed by atoms with Gasteiger partial charge in [0.2, 0.25) is 0 Å². The summed E-state index contributed by atoms with van der Waals surface area (Å²) in [5.74, 6) is -0.671. The van der Waals surface area contributed by atoms with Crippen LogP contribution in [0.2, 0.25) is 0 Å². The minimum Gasteiger partial charge on any atom is -0.469 e. The Morgan fingerprint density at radius 1 is 1.67 bits per heavy atom. The lowest BCUT2D eigenvalue weighted by Crippen LogP contribution is -2.12. The van der Waals surface area contributed by atoms with E-state index < -0.39 is 23.7 Å². The van der Waals surface area contributed by atoms with E-state index in [-0.39, 0.29) is 24.2 Å². The second-order valence-corrected chi connectivity index (χ2v) is 3.40. The average Bonchev–Trinajstić information content (AvgIpc) is 2.36. The van der Waals surface area contributed by atoms with Crippen molar-refractivity contribution in [2.24, 2.45) is 5.73 Å². The molecule has 96 valence electrons. The molecule has 0 spiro atoms. The van der Waals surface area contributed by atoms with Crippen LogP contribution in [0.15, 0.2) is 6.07 Å². The highest BCUT2D eigenvalue weighted by Gasteiger charge is 2.22. The third-order valence-corrected chi connectivity index (χ3v) is 2.29. The Morgan fingerprint density at radius 2 is 2.33 bits per heavy atom. The van der Waals surface area contributed by atoms with Gasteiger partial charge >= 0.3 is 5.97 Å². The van der Waals surface area contributed by atoms with Crippen LogP contribution in [0, 0.1) is 11.3 Å². The molecule has 1 heterocycles. The number of pyridine rings is 1. The van der Waals surface area contributed by atoms with E-state index in [4.69, 9.17) is 11.0 Å². The molecule has 0 radical (unpaired) electrons. The molecule has 0 saturated heterocycles. The number of nitrogens with two attached hydrogens (primary N) is 1. The topological polar surface area (TPSA) is 89.0 Å². The Hall–Kier alpha value is -2.07. The Kier molecular flexibility index (Phi) is 4.68. The number of halogens is 2. The van der Waals surface area contributed by atoms with Gasteiger partial charge in [-0.25, -0.2) is 13.8 Å². The number of hydrogen-bond donors (Lipinski definition) is 1. The predicted octanol–water partition coefficient (Wildman–Crippen LogP) is 1.07. The SMILES string of the molecule is COC(=O)Cc1cc(CN)nc(C#N)c1C(F)F. The first-order chi connectivity index (χ1) is 8.53. The van der Waals surface area contributed by atoms with Crippen molar-refractivity contribution in [1.82, 2.24) is 4.98 Å². The van der Waals surface area contributed by atoms with Crippen LogP contribution in [0.1, 0.15) is 28.9 Å². The third-order valence-electron chi connectivity index (χ3n) is 2.29. The number of nitriles is 1. The highest BCUT2D eigenvalue weighted by atomic mass is 19.3. The Balaban J connectivity index is 3.35. The molecular formula is C11H11F2N3O2. The summed E-state index contributed by atoms with van der Waals surface area (Å²) in [5, 5.41) is 8.80. The van der Waals surface area contributed by atoms with Crippen molar-refractivity contribution >= 4 is 5.97 Å². The summed E-state index contributed by atoms with van der Waals surface area (Å²) < 4.78 is 30.2. The normalized spacial score (nSPS) is 10.2. The molecule has 1 aromatic rings. The number of methoxy groups -OCH3 is 1. The zero-order chi connectivity index (χ0) is 13.7. The number of nitrogens with zero attached hydrogens (tertiary/aromatic N) is 2. The summed E-state index contributed by atoms with van der Waals surface area (Å²) in [4.78, 5) is 14.9. The summed E-state index contributed by atoms with van der Waals surface area (Å²) in [6.07, 6.45) is -3.24. The van der Waals surface area contributed by atoms with Crippen molar-refractivity contribution in [3.8, 4) is 6.07 Å². The molecule has 0 aliphatic carbocycles. The van der Waals surface area contributed by atoms with Crippen LogP contribution in [0.25, 0.3) is 0 Å². The van der Waals surface area contributed by atoms with E-state index in [2.05, 4.69) is 9.72 Å². The zero-order valence-electron chi connectivity index (χ0n) is 9.61. The summed E-state index contributed by atoms with van der Waals surface area (Å²) in [5.41, 5.74) is 4.69. The van der Waals surface area contributed by atoms with Crippen LogP contribution < -0.4 is 5.73 Å². The highest BCUT2D eigenvalue weighted by molar-refractivity contribution is 5.73. The van der Waals surface area contributed by atoms with E-state index in [1.54, 1.807) is 6.07 Å². The van der Waals surface area contributed by atoms with Crippen LogP contribution in [-0.2, 0) is 22.5 Å². The first kappa shape index (κ1) is 14.0. The molecule has 0 saturated carbocycles. The molecule has 0 aromatic carbocycles. The molecule has 18 heavy (non-hydrogen) atoms. The largest absolute Gasteiger partial charge is 0.469 e. The van der Waals surface area contributed by atoms with Gasteiger partial charge in [-0.15, -0.1) is 0 Å². The molecule has 5 nitrogen and oxygen atoms in total. The van der Waals surface area contributed by atoms with Gasteiger partial charge in [0.1, 0.15) is 11.8 Å². The van der Waals surface area contributed by atoms with E-state index in [1.165, 1.54) is 6.07 Å². The monoisotopic (exact) mass is 255 g/mol. The van der Waals surface area contributed by atoms with Crippen LogP contribution in [-0.4, -0.2) is 18.1 Å². The second-order valence-electron chi connectivity index (χ2n) is 3.40. The van der Waals surface area contributed by atoms with Crippen molar-refractivity contribution in [3.63, 3.8) is 0 Å². The zero-order valence-corrected chi connectivity index (χ0v) is 9.61. The molecule has 1 rings (SSSR count). The van der Waals surface area contributed by atoms with Crippen molar-refractivity contribution in [1.29, 1.82) is 5.26 Å². The van der Waals surface area contributed by atoms with Gasteiger partial charge in [-0.3, -0.25) is 4.79 Å². The number of rotatable bonds is 4. The van der Waals surface area contributed by atoms with Crippen LogP contribution in [0.4, 0.5) is 8.78 Å². The molecule has 1 aromatic heterocycles. The molecular weight excluding hydrogens is 244 g/mol. The Bertz CT molecular complexity index is 498. The number of esters is 1. The van der Waals surface area contributed by atoms with Gasteiger partial charge < -0.3 is 10.5 Å². The molecule has 0 atom stereocenters. The lowest BCUT2D eigenvalue weighted by molar-refractivity contribution is -0.139. The smallest absolute Gasteiger partial charge is 0.309 e. The van der Waals surface area contributed by atoms with E-state index in [9.17, 15) is 13.6 Å². The van der Waals surface area contributed by atoms with Crippen LogP contribution in [0.3, 0.4) is 0 Å². The quantitative estimate of drug-likeness (QED) is 0.813. The van der Waals surface area contributed by atoms with Gasteiger partial charge in [0.15, 0.2) is 0 Å². The number of hydrogen-bond acceptors (Lipinski definition) is 5. The van der Waals surface area contributed by atoms with Gasteiger partial charge in [-0.05, 0) is 11.6 Å². The minimum atomic E-state index is -2.89. The average molecular weight is 255 g/mol. The summed E-state index contributed by atoms with van der Waals surface area (Å²) in [7, 11) is 1.15. The first-order valence-electron chi connectivity index (χ1n) is 5.01. The van der Waals surface area contributed by atoms with Crippen molar-refractivity contribution in [2.75, 3.05) is 7.11 Å². The maximum absolute atomic E-state index is 12.9. The van der Waals surface area contributed by atoms with E-state index in [1.807, 2.05) is 0 Å². The van der Waals surface area contributed by atoms with Gasteiger partial charge in [-0.1, -0.05) is 0 Å².